The van der Waals surface area contributed by atoms with Crippen molar-refractivity contribution in [3.63, 3.8) is 0 Å². The normalized spacial score (nSPS) is 10.3. The van der Waals surface area contributed by atoms with Gasteiger partial charge in [0, 0.05) is 15.7 Å². The topological polar surface area (TPSA) is 26.0 Å². The molecule has 15 heavy (non-hydrogen) atoms. The maximum absolute atomic E-state index is 13.6. The molecule has 2 aromatic rings. The van der Waals surface area contributed by atoms with Gasteiger partial charge in [0.05, 0.1) is 0 Å². The summed E-state index contributed by atoms with van der Waals surface area (Å²) in [5, 5.41) is 0. The third-order valence-corrected chi connectivity index (χ3v) is 2.85. The first kappa shape index (κ1) is 10.2. The van der Waals surface area contributed by atoms with Crippen LogP contribution < -0.4 is 5.73 Å². The van der Waals surface area contributed by atoms with Gasteiger partial charge in [-0.2, -0.15) is 0 Å². The molecule has 0 saturated heterocycles. The van der Waals surface area contributed by atoms with Crippen LogP contribution in [0.25, 0.3) is 11.1 Å². The molecule has 0 fully saturated rings. The molecule has 1 nitrogen and oxygen atoms in total. The fourth-order valence-electron chi connectivity index (χ4n) is 1.43. The van der Waals surface area contributed by atoms with Crippen molar-refractivity contribution < 1.29 is 4.39 Å². The van der Waals surface area contributed by atoms with Crippen LogP contribution >= 0.6 is 15.9 Å². The fraction of sp³-hybridized carbons (Fsp3) is 0. The summed E-state index contributed by atoms with van der Waals surface area (Å²) in [6.45, 7) is 0. The van der Waals surface area contributed by atoms with Gasteiger partial charge in [-0.25, -0.2) is 4.39 Å². The second kappa shape index (κ2) is 4.03. The lowest BCUT2D eigenvalue weighted by atomic mass is 10.1. The van der Waals surface area contributed by atoms with Crippen LogP contribution in [0.1, 0.15) is 0 Å². The van der Waals surface area contributed by atoms with Crippen molar-refractivity contribution >= 4 is 21.6 Å². The summed E-state index contributed by atoms with van der Waals surface area (Å²) in [5.41, 5.74) is 7.31. The van der Waals surface area contributed by atoms with Crippen molar-refractivity contribution in [2.75, 3.05) is 5.73 Å². The van der Waals surface area contributed by atoms with Crippen molar-refractivity contribution in [1.82, 2.24) is 0 Å². The first-order valence-electron chi connectivity index (χ1n) is 4.48. The van der Waals surface area contributed by atoms with Crippen LogP contribution in [0, 0.1) is 5.82 Å². The number of hydrogen-bond acceptors (Lipinski definition) is 1. The fourth-order valence-corrected chi connectivity index (χ4v) is 1.93. The molecule has 0 aliphatic rings. The van der Waals surface area contributed by atoms with Gasteiger partial charge < -0.3 is 5.73 Å². The standard InChI is InChI=1S/C12H9BrFN/c13-11-4-2-1-3-9(11)10-6-5-8(15)7-12(10)14/h1-7H,15H2. The Balaban J connectivity index is 2.60. The monoisotopic (exact) mass is 265 g/mol. The third-order valence-electron chi connectivity index (χ3n) is 2.16. The molecule has 76 valence electrons. The molecule has 0 atom stereocenters. The molecule has 0 unspecified atom stereocenters. The van der Waals surface area contributed by atoms with E-state index in [4.69, 9.17) is 5.73 Å². The molecule has 0 saturated carbocycles. The summed E-state index contributed by atoms with van der Waals surface area (Å²) in [4.78, 5) is 0. The second-order valence-electron chi connectivity index (χ2n) is 3.22. The molecular weight excluding hydrogens is 257 g/mol. The van der Waals surface area contributed by atoms with Crippen molar-refractivity contribution in [3.8, 4) is 11.1 Å². The molecule has 0 spiro atoms. The van der Waals surface area contributed by atoms with E-state index in [-0.39, 0.29) is 5.82 Å². The smallest absolute Gasteiger partial charge is 0.133 e. The summed E-state index contributed by atoms with van der Waals surface area (Å²) < 4.78 is 14.5. The minimum Gasteiger partial charge on any atom is -0.399 e. The van der Waals surface area contributed by atoms with E-state index in [2.05, 4.69) is 15.9 Å². The van der Waals surface area contributed by atoms with E-state index in [9.17, 15) is 4.39 Å². The molecule has 0 aromatic heterocycles. The van der Waals surface area contributed by atoms with Gasteiger partial charge in [-0.1, -0.05) is 34.1 Å². The van der Waals surface area contributed by atoms with Crippen LogP contribution in [0.2, 0.25) is 0 Å². The number of halogens is 2. The lowest BCUT2D eigenvalue weighted by Crippen LogP contribution is -1.89. The molecule has 0 amide bonds. The highest BCUT2D eigenvalue weighted by atomic mass is 79.9. The van der Waals surface area contributed by atoms with Crippen molar-refractivity contribution in [2.24, 2.45) is 0 Å². The van der Waals surface area contributed by atoms with E-state index in [1.807, 2.05) is 24.3 Å². The summed E-state index contributed by atoms with van der Waals surface area (Å²) in [6.07, 6.45) is 0. The Bertz CT molecular complexity index is 497. The summed E-state index contributed by atoms with van der Waals surface area (Å²) in [6, 6.07) is 12.2. The largest absolute Gasteiger partial charge is 0.399 e. The maximum atomic E-state index is 13.6. The number of nitrogens with two attached hydrogens (primary N) is 1. The zero-order chi connectivity index (χ0) is 10.8. The SMILES string of the molecule is Nc1ccc(-c2ccccc2Br)c(F)c1. The van der Waals surface area contributed by atoms with Gasteiger partial charge >= 0.3 is 0 Å². The highest BCUT2D eigenvalue weighted by molar-refractivity contribution is 9.10. The van der Waals surface area contributed by atoms with Gasteiger partial charge in [-0.15, -0.1) is 0 Å². The van der Waals surface area contributed by atoms with E-state index >= 15 is 0 Å². The quantitative estimate of drug-likeness (QED) is 0.780. The molecule has 0 bridgehead atoms. The average Bonchev–Trinajstić information content (AvgIpc) is 2.20. The van der Waals surface area contributed by atoms with Gasteiger partial charge in [0.2, 0.25) is 0 Å². The minimum atomic E-state index is -0.304. The summed E-state index contributed by atoms with van der Waals surface area (Å²) in [5.74, 6) is -0.304. The number of nitrogen functional groups attached to an aromatic ring is 1. The zero-order valence-corrected chi connectivity index (χ0v) is 9.46. The van der Waals surface area contributed by atoms with Crippen LogP contribution in [0.3, 0.4) is 0 Å². The highest BCUT2D eigenvalue weighted by Crippen LogP contribution is 2.30. The van der Waals surface area contributed by atoms with Crippen LogP contribution in [0.5, 0.6) is 0 Å². The van der Waals surface area contributed by atoms with E-state index in [1.165, 1.54) is 6.07 Å². The number of anilines is 1. The van der Waals surface area contributed by atoms with Crippen LogP contribution in [-0.2, 0) is 0 Å². The lowest BCUT2D eigenvalue weighted by molar-refractivity contribution is 0.632. The molecule has 2 aromatic carbocycles. The van der Waals surface area contributed by atoms with Crippen molar-refractivity contribution in [3.05, 3.63) is 52.8 Å². The van der Waals surface area contributed by atoms with Gasteiger partial charge in [-0.05, 0) is 29.8 Å². The molecule has 0 heterocycles. The second-order valence-corrected chi connectivity index (χ2v) is 4.07. The minimum absolute atomic E-state index is 0.304. The summed E-state index contributed by atoms with van der Waals surface area (Å²) >= 11 is 3.39. The Morgan fingerprint density at radius 2 is 1.73 bits per heavy atom. The molecular formula is C12H9BrFN. The number of rotatable bonds is 1. The first-order chi connectivity index (χ1) is 7.18. The number of hydrogen-bond donors (Lipinski definition) is 1. The first-order valence-corrected chi connectivity index (χ1v) is 5.28. The van der Waals surface area contributed by atoms with E-state index in [0.717, 1.165) is 10.0 Å². The van der Waals surface area contributed by atoms with Crippen molar-refractivity contribution in [2.45, 2.75) is 0 Å². The van der Waals surface area contributed by atoms with Gasteiger partial charge in [0.25, 0.3) is 0 Å². The van der Waals surface area contributed by atoms with Crippen LogP contribution in [0.4, 0.5) is 10.1 Å². The van der Waals surface area contributed by atoms with E-state index in [1.54, 1.807) is 12.1 Å². The molecule has 2 N–H and O–H groups in total. The van der Waals surface area contributed by atoms with Crippen molar-refractivity contribution in [1.29, 1.82) is 0 Å². The summed E-state index contributed by atoms with van der Waals surface area (Å²) in [7, 11) is 0. The molecule has 0 aliphatic heterocycles. The van der Waals surface area contributed by atoms with Gasteiger partial charge in [0.15, 0.2) is 0 Å². The Labute approximate surface area is 95.9 Å². The molecule has 0 radical (unpaired) electrons. The highest BCUT2D eigenvalue weighted by Gasteiger charge is 2.07. The van der Waals surface area contributed by atoms with Gasteiger partial charge in [0.1, 0.15) is 5.82 Å². The van der Waals surface area contributed by atoms with Crippen LogP contribution in [0.15, 0.2) is 46.9 Å². The predicted molar refractivity (Wildman–Crippen MR) is 63.9 cm³/mol. The Hall–Kier alpha value is -1.35. The Morgan fingerprint density at radius 1 is 1.00 bits per heavy atom. The number of benzene rings is 2. The van der Waals surface area contributed by atoms with E-state index < -0.39 is 0 Å². The molecule has 0 aliphatic carbocycles. The van der Waals surface area contributed by atoms with E-state index in [0.29, 0.717) is 11.3 Å². The zero-order valence-electron chi connectivity index (χ0n) is 7.87. The Morgan fingerprint density at radius 3 is 2.40 bits per heavy atom. The average molecular weight is 266 g/mol. The third kappa shape index (κ3) is 2.02. The maximum Gasteiger partial charge on any atom is 0.133 e. The lowest BCUT2D eigenvalue weighted by Gasteiger charge is -2.06. The van der Waals surface area contributed by atoms with Crippen LogP contribution in [-0.4, -0.2) is 0 Å². The Kier molecular flexibility index (Phi) is 2.73. The van der Waals surface area contributed by atoms with Gasteiger partial charge in [-0.3, -0.25) is 0 Å². The predicted octanol–water partition coefficient (Wildman–Crippen LogP) is 3.84. The molecule has 3 heteroatoms. The molecule has 2 rings (SSSR count).